The van der Waals surface area contributed by atoms with Crippen molar-refractivity contribution in [1.82, 2.24) is 10.2 Å². The van der Waals surface area contributed by atoms with Crippen molar-refractivity contribution in [2.45, 2.75) is 45.7 Å². The predicted molar refractivity (Wildman–Crippen MR) is 80.0 cm³/mol. The number of piperidine rings is 1. The number of benzene rings is 1. The van der Waals surface area contributed by atoms with E-state index in [1.807, 2.05) is 6.92 Å². The van der Waals surface area contributed by atoms with Crippen molar-refractivity contribution in [3.05, 3.63) is 29.3 Å². The summed E-state index contributed by atoms with van der Waals surface area (Å²) in [5, 5.41) is 12.8. The molecule has 0 atom stereocenters. The van der Waals surface area contributed by atoms with E-state index in [2.05, 4.69) is 24.1 Å². The number of nitrogens with one attached hydrogen (secondary N) is 1. The van der Waals surface area contributed by atoms with Gasteiger partial charge in [-0.1, -0.05) is 11.6 Å². The van der Waals surface area contributed by atoms with E-state index in [-0.39, 0.29) is 17.7 Å². The molecule has 1 aromatic rings. The lowest BCUT2D eigenvalue weighted by molar-refractivity contribution is 0.0898. The maximum atomic E-state index is 12.2. The number of rotatable bonds is 3. The SMILES string of the molecule is Cc1ccc(O)c(C(=O)NC2CCN(C(C)C)CC2)c1. The van der Waals surface area contributed by atoms with Gasteiger partial charge in [-0.2, -0.15) is 0 Å². The zero-order chi connectivity index (χ0) is 14.7. The Labute approximate surface area is 120 Å². The monoisotopic (exact) mass is 276 g/mol. The van der Waals surface area contributed by atoms with Crippen LogP contribution in [-0.4, -0.2) is 41.1 Å². The van der Waals surface area contributed by atoms with E-state index in [1.165, 1.54) is 0 Å². The predicted octanol–water partition coefficient (Wildman–Crippen LogP) is 2.30. The summed E-state index contributed by atoms with van der Waals surface area (Å²) in [4.78, 5) is 14.6. The van der Waals surface area contributed by atoms with Crippen LogP contribution in [0.4, 0.5) is 0 Å². The van der Waals surface area contributed by atoms with Gasteiger partial charge >= 0.3 is 0 Å². The molecule has 0 radical (unpaired) electrons. The minimum Gasteiger partial charge on any atom is -0.507 e. The van der Waals surface area contributed by atoms with Crippen LogP contribution in [0, 0.1) is 6.92 Å². The zero-order valence-corrected chi connectivity index (χ0v) is 12.5. The fraction of sp³-hybridized carbons (Fsp3) is 0.562. The van der Waals surface area contributed by atoms with Crippen LogP contribution in [0.15, 0.2) is 18.2 Å². The molecule has 4 nitrogen and oxygen atoms in total. The molecule has 2 rings (SSSR count). The highest BCUT2D eigenvalue weighted by atomic mass is 16.3. The number of hydrogen-bond donors (Lipinski definition) is 2. The third kappa shape index (κ3) is 3.51. The van der Waals surface area contributed by atoms with Crippen LogP contribution in [0.5, 0.6) is 5.75 Å². The number of nitrogens with zero attached hydrogens (tertiary/aromatic N) is 1. The summed E-state index contributed by atoms with van der Waals surface area (Å²) in [5.41, 5.74) is 1.35. The van der Waals surface area contributed by atoms with Gasteiger partial charge in [0.2, 0.25) is 0 Å². The van der Waals surface area contributed by atoms with E-state index in [9.17, 15) is 9.90 Å². The number of aromatic hydroxyl groups is 1. The standard InChI is InChI=1S/C16H24N2O2/c1-11(2)18-8-6-13(7-9-18)17-16(20)14-10-12(3)4-5-15(14)19/h4-5,10-11,13,19H,6-9H2,1-3H3,(H,17,20). The number of likely N-dealkylation sites (tertiary alicyclic amines) is 1. The summed E-state index contributed by atoms with van der Waals surface area (Å²) in [6, 6.07) is 5.87. The molecule has 1 aliphatic heterocycles. The Morgan fingerprint density at radius 2 is 2.00 bits per heavy atom. The molecule has 110 valence electrons. The van der Waals surface area contributed by atoms with E-state index in [4.69, 9.17) is 0 Å². The average molecular weight is 276 g/mol. The lowest BCUT2D eigenvalue weighted by Crippen LogP contribution is -2.46. The summed E-state index contributed by atoms with van der Waals surface area (Å²) < 4.78 is 0. The molecular formula is C16H24N2O2. The Bertz CT molecular complexity index is 477. The molecule has 2 N–H and O–H groups in total. The molecule has 1 saturated heterocycles. The third-order valence-electron chi connectivity index (χ3n) is 3.99. The largest absolute Gasteiger partial charge is 0.507 e. The van der Waals surface area contributed by atoms with E-state index in [0.29, 0.717) is 11.6 Å². The second-order valence-electron chi connectivity index (χ2n) is 5.90. The van der Waals surface area contributed by atoms with E-state index in [1.54, 1.807) is 18.2 Å². The van der Waals surface area contributed by atoms with E-state index in [0.717, 1.165) is 31.5 Å². The van der Waals surface area contributed by atoms with Crippen LogP contribution in [0.1, 0.15) is 42.6 Å². The minimum atomic E-state index is -0.172. The fourth-order valence-electron chi connectivity index (χ4n) is 2.66. The van der Waals surface area contributed by atoms with Gasteiger partial charge in [0, 0.05) is 25.2 Å². The normalized spacial score (nSPS) is 17.4. The molecule has 1 aliphatic rings. The molecule has 0 saturated carbocycles. The van der Waals surface area contributed by atoms with Crippen molar-refractivity contribution in [3.63, 3.8) is 0 Å². The Kier molecular flexibility index (Phi) is 4.65. The number of hydrogen-bond acceptors (Lipinski definition) is 3. The molecule has 0 aliphatic carbocycles. The summed E-state index contributed by atoms with van der Waals surface area (Å²) in [7, 11) is 0. The Hall–Kier alpha value is -1.55. The Morgan fingerprint density at radius 3 is 2.60 bits per heavy atom. The summed E-state index contributed by atoms with van der Waals surface area (Å²) in [5.74, 6) is -0.123. The van der Waals surface area contributed by atoms with Gasteiger partial charge in [0.1, 0.15) is 5.75 Å². The second-order valence-corrected chi connectivity index (χ2v) is 5.90. The van der Waals surface area contributed by atoms with E-state index < -0.39 is 0 Å². The number of carbonyl (C=O) groups is 1. The van der Waals surface area contributed by atoms with Crippen molar-refractivity contribution in [3.8, 4) is 5.75 Å². The van der Waals surface area contributed by atoms with Gasteiger partial charge in [-0.3, -0.25) is 4.79 Å². The van der Waals surface area contributed by atoms with Crippen molar-refractivity contribution in [2.24, 2.45) is 0 Å². The number of aryl methyl sites for hydroxylation is 1. The van der Waals surface area contributed by atoms with Gasteiger partial charge < -0.3 is 15.3 Å². The molecule has 1 aromatic carbocycles. The fourth-order valence-corrected chi connectivity index (χ4v) is 2.66. The number of phenolic OH excluding ortho intramolecular Hbond substituents is 1. The first-order valence-corrected chi connectivity index (χ1v) is 7.32. The molecule has 1 fully saturated rings. The maximum absolute atomic E-state index is 12.2. The van der Waals surface area contributed by atoms with E-state index >= 15 is 0 Å². The number of carbonyl (C=O) groups excluding carboxylic acids is 1. The Morgan fingerprint density at radius 1 is 1.35 bits per heavy atom. The molecular weight excluding hydrogens is 252 g/mol. The molecule has 0 bridgehead atoms. The topological polar surface area (TPSA) is 52.6 Å². The summed E-state index contributed by atoms with van der Waals surface area (Å²) in [6.45, 7) is 8.34. The molecule has 0 spiro atoms. The van der Waals surface area contributed by atoms with Crippen LogP contribution < -0.4 is 5.32 Å². The number of phenols is 1. The van der Waals surface area contributed by atoms with Crippen LogP contribution in [0.3, 0.4) is 0 Å². The maximum Gasteiger partial charge on any atom is 0.255 e. The van der Waals surface area contributed by atoms with Gasteiger partial charge in [0.05, 0.1) is 5.56 Å². The molecule has 1 heterocycles. The Balaban J connectivity index is 1.94. The van der Waals surface area contributed by atoms with Gasteiger partial charge in [-0.05, 0) is 45.7 Å². The molecule has 4 heteroatoms. The first-order chi connectivity index (χ1) is 9.47. The molecule has 1 amide bonds. The van der Waals surface area contributed by atoms with Gasteiger partial charge in [0.15, 0.2) is 0 Å². The smallest absolute Gasteiger partial charge is 0.255 e. The quantitative estimate of drug-likeness (QED) is 0.890. The van der Waals surface area contributed by atoms with Gasteiger partial charge in [-0.25, -0.2) is 0 Å². The molecule has 20 heavy (non-hydrogen) atoms. The van der Waals surface area contributed by atoms with Crippen molar-refractivity contribution >= 4 is 5.91 Å². The highest BCUT2D eigenvalue weighted by Crippen LogP contribution is 2.19. The van der Waals surface area contributed by atoms with Crippen LogP contribution in [-0.2, 0) is 0 Å². The van der Waals surface area contributed by atoms with Gasteiger partial charge in [-0.15, -0.1) is 0 Å². The third-order valence-corrected chi connectivity index (χ3v) is 3.99. The highest BCUT2D eigenvalue weighted by Gasteiger charge is 2.23. The van der Waals surface area contributed by atoms with Crippen LogP contribution in [0.25, 0.3) is 0 Å². The zero-order valence-electron chi connectivity index (χ0n) is 12.5. The van der Waals surface area contributed by atoms with Crippen molar-refractivity contribution < 1.29 is 9.90 Å². The second kappa shape index (κ2) is 6.27. The summed E-state index contributed by atoms with van der Waals surface area (Å²) >= 11 is 0. The molecule has 0 aromatic heterocycles. The summed E-state index contributed by atoms with van der Waals surface area (Å²) in [6.07, 6.45) is 1.94. The number of amides is 1. The average Bonchev–Trinajstić information content (AvgIpc) is 2.42. The highest BCUT2D eigenvalue weighted by molar-refractivity contribution is 5.97. The first-order valence-electron chi connectivity index (χ1n) is 7.32. The lowest BCUT2D eigenvalue weighted by Gasteiger charge is -2.34. The molecule has 0 unspecified atom stereocenters. The lowest BCUT2D eigenvalue weighted by atomic mass is 10.0. The van der Waals surface area contributed by atoms with Crippen LogP contribution >= 0.6 is 0 Å². The van der Waals surface area contributed by atoms with Crippen LogP contribution in [0.2, 0.25) is 0 Å². The first kappa shape index (κ1) is 14.9. The minimum absolute atomic E-state index is 0.0488. The van der Waals surface area contributed by atoms with Crippen molar-refractivity contribution in [2.75, 3.05) is 13.1 Å². The van der Waals surface area contributed by atoms with Crippen molar-refractivity contribution in [1.29, 1.82) is 0 Å². The van der Waals surface area contributed by atoms with Gasteiger partial charge in [0.25, 0.3) is 5.91 Å².